The number of hydrogen-bond donors (Lipinski definition) is 2. The molecule has 0 atom stereocenters. The van der Waals surface area contributed by atoms with E-state index in [0.717, 1.165) is 0 Å². The number of sulfonamides is 1. The van der Waals surface area contributed by atoms with E-state index in [-0.39, 0.29) is 4.90 Å². The summed E-state index contributed by atoms with van der Waals surface area (Å²) in [6.45, 7) is 0. The third kappa shape index (κ3) is 3.24. The van der Waals surface area contributed by atoms with Crippen molar-refractivity contribution >= 4 is 39.1 Å². The fourth-order valence-electron chi connectivity index (χ4n) is 1.44. The summed E-state index contributed by atoms with van der Waals surface area (Å²) in [6.07, 6.45) is 1.61. The molecule has 3 N–H and O–H groups in total. The molecule has 0 fully saturated rings. The molecular weight excluding hydrogens is 318 g/mol. The first kappa shape index (κ1) is 15.1. The summed E-state index contributed by atoms with van der Waals surface area (Å²) in [4.78, 5) is 4.86. The fourth-order valence-corrected chi connectivity index (χ4v) is 3.37. The molecule has 2 rings (SSSR count). The van der Waals surface area contributed by atoms with Crippen molar-refractivity contribution in [3.63, 3.8) is 0 Å². The Labute approximate surface area is 126 Å². The van der Waals surface area contributed by atoms with Crippen molar-refractivity contribution in [2.75, 3.05) is 12.8 Å². The number of nitrogens with one attached hydrogen (secondary N) is 1. The number of nitrogen functional groups attached to an aromatic ring is 1. The maximum Gasteiger partial charge on any atom is 0.240 e. The summed E-state index contributed by atoms with van der Waals surface area (Å²) < 4.78 is 25.8. The number of hydrogen-bond acceptors (Lipinski definition) is 5. The second-order valence-electron chi connectivity index (χ2n) is 3.80. The molecule has 106 valence electrons. The largest absolute Gasteiger partial charge is 0.398 e. The molecule has 8 heteroatoms. The lowest BCUT2D eigenvalue weighted by molar-refractivity contribution is 0.588. The number of pyridine rings is 1. The number of benzene rings is 1. The molecule has 0 aliphatic heterocycles. The average molecular weight is 330 g/mol. The molecule has 20 heavy (non-hydrogen) atoms. The third-order valence-corrected chi connectivity index (χ3v) is 5.42. The van der Waals surface area contributed by atoms with Crippen LogP contribution >= 0.6 is 23.4 Å². The Kier molecular flexibility index (Phi) is 4.54. The smallest absolute Gasteiger partial charge is 0.240 e. The van der Waals surface area contributed by atoms with E-state index in [1.165, 1.54) is 30.9 Å². The first-order chi connectivity index (χ1) is 9.44. The van der Waals surface area contributed by atoms with E-state index < -0.39 is 10.0 Å². The minimum atomic E-state index is -3.51. The van der Waals surface area contributed by atoms with Crippen LogP contribution in [0.3, 0.4) is 0 Å². The second kappa shape index (κ2) is 6.01. The molecule has 0 unspecified atom stereocenters. The molecule has 0 aliphatic carbocycles. The summed E-state index contributed by atoms with van der Waals surface area (Å²) in [7, 11) is -2.16. The molecule has 1 aromatic heterocycles. The highest BCUT2D eigenvalue weighted by atomic mass is 35.5. The maximum absolute atomic E-state index is 11.8. The van der Waals surface area contributed by atoms with Crippen LogP contribution in [0.15, 0.2) is 51.3 Å². The summed E-state index contributed by atoms with van der Waals surface area (Å²) in [5.41, 5.74) is 6.33. The van der Waals surface area contributed by atoms with Crippen molar-refractivity contribution in [1.82, 2.24) is 9.71 Å². The summed E-state index contributed by atoms with van der Waals surface area (Å²) >= 11 is 7.25. The van der Waals surface area contributed by atoms with Crippen molar-refractivity contribution in [2.24, 2.45) is 0 Å². The Bertz CT molecular complexity index is 735. The van der Waals surface area contributed by atoms with Gasteiger partial charge in [-0.3, -0.25) is 0 Å². The maximum atomic E-state index is 11.8. The van der Waals surface area contributed by atoms with Crippen molar-refractivity contribution in [3.8, 4) is 0 Å². The zero-order valence-corrected chi connectivity index (χ0v) is 12.9. The van der Waals surface area contributed by atoms with Gasteiger partial charge in [0, 0.05) is 16.8 Å². The van der Waals surface area contributed by atoms with Crippen LogP contribution in [0, 0.1) is 0 Å². The van der Waals surface area contributed by atoms with E-state index in [1.807, 2.05) is 0 Å². The third-order valence-electron chi connectivity index (χ3n) is 2.50. The van der Waals surface area contributed by atoms with E-state index >= 15 is 0 Å². The van der Waals surface area contributed by atoms with E-state index in [2.05, 4.69) is 9.71 Å². The number of aromatic nitrogens is 1. The molecular formula is C12H12ClN3O2S2. The van der Waals surface area contributed by atoms with Gasteiger partial charge in [0.15, 0.2) is 0 Å². The van der Waals surface area contributed by atoms with Gasteiger partial charge in [-0.05, 0) is 37.4 Å². The number of nitrogens with two attached hydrogens (primary N) is 1. The van der Waals surface area contributed by atoms with E-state index in [4.69, 9.17) is 17.3 Å². The van der Waals surface area contributed by atoms with Gasteiger partial charge in [0.25, 0.3) is 0 Å². The minimum Gasteiger partial charge on any atom is -0.398 e. The van der Waals surface area contributed by atoms with Crippen molar-refractivity contribution in [3.05, 3.63) is 41.6 Å². The van der Waals surface area contributed by atoms with Crippen molar-refractivity contribution in [1.29, 1.82) is 0 Å². The average Bonchev–Trinajstić information content (AvgIpc) is 2.43. The van der Waals surface area contributed by atoms with Crippen LogP contribution in [0.2, 0.25) is 5.02 Å². The van der Waals surface area contributed by atoms with Gasteiger partial charge in [0.1, 0.15) is 5.03 Å². The Balaban J connectivity index is 2.42. The van der Waals surface area contributed by atoms with Gasteiger partial charge < -0.3 is 5.73 Å². The zero-order valence-electron chi connectivity index (χ0n) is 10.5. The first-order valence-corrected chi connectivity index (χ1v) is 8.23. The van der Waals surface area contributed by atoms with Gasteiger partial charge in [-0.15, -0.1) is 0 Å². The lowest BCUT2D eigenvalue weighted by Gasteiger charge is -2.09. The molecule has 0 aliphatic rings. The standard InChI is InChI=1S/C12H12ClN3O2S2/c1-15-20(17,18)8-4-5-10(14)11(7-8)19-12-9(13)3-2-6-16-12/h2-7,15H,14H2,1H3. The van der Waals surface area contributed by atoms with Crippen molar-refractivity contribution in [2.45, 2.75) is 14.8 Å². The normalized spacial score (nSPS) is 11.5. The van der Waals surface area contributed by atoms with Gasteiger partial charge in [-0.25, -0.2) is 18.1 Å². The molecule has 0 spiro atoms. The van der Waals surface area contributed by atoms with Crippen LogP contribution in [0.25, 0.3) is 0 Å². The van der Waals surface area contributed by atoms with Gasteiger partial charge in [-0.2, -0.15) is 0 Å². The van der Waals surface area contributed by atoms with Gasteiger partial charge in [0.2, 0.25) is 10.0 Å². The Morgan fingerprint density at radius 2 is 2.10 bits per heavy atom. The number of nitrogens with zero attached hydrogens (tertiary/aromatic N) is 1. The monoisotopic (exact) mass is 329 g/mol. The molecule has 2 aromatic rings. The van der Waals surface area contributed by atoms with Crippen LogP contribution in [0.1, 0.15) is 0 Å². The summed E-state index contributed by atoms with van der Waals surface area (Å²) in [5, 5.41) is 1.05. The van der Waals surface area contributed by atoms with Gasteiger partial charge in [-0.1, -0.05) is 23.4 Å². The SMILES string of the molecule is CNS(=O)(=O)c1ccc(N)c(Sc2ncccc2Cl)c1. The summed E-state index contributed by atoms with van der Waals surface area (Å²) in [5.74, 6) is 0. The Morgan fingerprint density at radius 3 is 2.75 bits per heavy atom. The highest BCUT2D eigenvalue weighted by Gasteiger charge is 2.14. The molecule has 0 saturated heterocycles. The molecule has 0 amide bonds. The topological polar surface area (TPSA) is 85.1 Å². The predicted octanol–water partition coefficient (Wildman–Crippen LogP) is 2.38. The Morgan fingerprint density at radius 1 is 1.35 bits per heavy atom. The van der Waals surface area contributed by atoms with Crippen LogP contribution in [-0.2, 0) is 10.0 Å². The zero-order chi connectivity index (χ0) is 14.8. The van der Waals surface area contributed by atoms with Gasteiger partial charge >= 0.3 is 0 Å². The highest BCUT2D eigenvalue weighted by molar-refractivity contribution is 7.99. The number of halogens is 1. The van der Waals surface area contributed by atoms with E-state index in [9.17, 15) is 8.42 Å². The summed E-state index contributed by atoms with van der Waals surface area (Å²) in [6, 6.07) is 7.92. The first-order valence-electron chi connectivity index (χ1n) is 5.55. The predicted molar refractivity (Wildman–Crippen MR) is 80.5 cm³/mol. The number of rotatable bonds is 4. The molecule has 0 bridgehead atoms. The van der Waals surface area contributed by atoms with Crippen LogP contribution in [0.5, 0.6) is 0 Å². The fraction of sp³-hybridized carbons (Fsp3) is 0.0833. The molecule has 0 saturated carbocycles. The molecule has 5 nitrogen and oxygen atoms in total. The minimum absolute atomic E-state index is 0.142. The molecule has 1 heterocycles. The molecule has 0 radical (unpaired) electrons. The van der Waals surface area contributed by atoms with Gasteiger partial charge in [0.05, 0.1) is 9.92 Å². The van der Waals surface area contributed by atoms with Crippen LogP contribution in [0.4, 0.5) is 5.69 Å². The number of anilines is 1. The highest BCUT2D eigenvalue weighted by Crippen LogP contribution is 2.35. The second-order valence-corrected chi connectivity index (χ2v) is 7.12. The lowest BCUT2D eigenvalue weighted by Crippen LogP contribution is -2.18. The Hall–Kier alpha value is -1.28. The van der Waals surface area contributed by atoms with Crippen molar-refractivity contribution < 1.29 is 8.42 Å². The van der Waals surface area contributed by atoms with E-state index in [1.54, 1.807) is 24.4 Å². The van der Waals surface area contributed by atoms with E-state index in [0.29, 0.717) is 20.6 Å². The quantitative estimate of drug-likeness (QED) is 0.841. The van der Waals surface area contributed by atoms with Crippen LogP contribution in [-0.4, -0.2) is 20.4 Å². The van der Waals surface area contributed by atoms with Crippen LogP contribution < -0.4 is 10.5 Å². The lowest BCUT2D eigenvalue weighted by atomic mass is 10.3. The molecule has 1 aromatic carbocycles.